The van der Waals surface area contributed by atoms with E-state index >= 15 is 0 Å². The number of nitrogens with one attached hydrogen (secondary N) is 2. The zero-order chi connectivity index (χ0) is 14.4. The lowest BCUT2D eigenvalue weighted by molar-refractivity contribution is 0.447. The molecule has 0 aliphatic carbocycles. The summed E-state index contributed by atoms with van der Waals surface area (Å²) in [6.45, 7) is 2.95. The van der Waals surface area contributed by atoms with Crippen molar-refractivity contribution in [2.45, 2.75) is 19.4 Å². The first-order chi connectivity index (χ1) is 9.58. The third-order valence-corrected chi connectivity index (χ3v) is 5.18. The highest BCUT2D eigenvalue weighted by atomic mass is 32.2. The predicted molar refractivity (Wildman–Crippen MR) is 80.4 cm³/mol. The monoisotopic (exact) mass is 297 g/mol. The summed E-state index contributed by atoms with van der Waals surface area (Å²) in [5.41, 5.74) is 0.986. The number of benzene rings is 1. The summed E-state index contributed by atoms with van der Waals surface area (Å²) in [5, 5.41) is 3.29. The Morgan fingerprint density at radius 3 is 2.75 bits per heavy atom. The summed E-state index contributed by atoms with van der Waals surface area (Å²) in [6.07, 6.45) is 2.03. The molecule has 0 bridgehead atoms. The third-order valence-electron chi connectivity index (χ3n) is 3.66. The molecule has 0 saturated carbocycles. The molecule has 0 radical (unpaired) electrons. The topological polar surface area (TPSA) is 61.4 Å². The van der Waals surface area contributed by atoms with Gasteiger partial charge in [-0.1, -0.05) is 30.3 Å². The van der Waals surface area contributed by atoms with Crippen molar-refractivity contribution in [2.75, 3.05) is 26.7 Å². The molecule has 20 heavy (non-hydrogen) atoms. The Morgan fingerprint density at radius 1 is 1.35 bits per heavy atom. The molecule has 112 valence electrons. The second-order valence-corrected chi connectivity index (χ2v) is 7.15. The average Bonchev–Trinajstić information content (AvgIpc) is 2.93. The third kappa shape index (κ3) is 4.56. The van der Waals surface area contributed by atoms with Gasteiger partial charge in [0.1, 0.15) is 0 Å². The van der Waals surface area contributed by atoms with Crippen LogP contribution in [-0.2, 0) is 16.8 Å². The Labute approximate surface area is 121 Å². The maximum absolute atomic E-state index is 12.1. The van der Waals surface area contributed by atoms with E-state index in [0.29, 0.717) is 19.0 Å². The van der Waals surface area contributed by atoms with Gasteiger partial charge in [-0.25, -0.2) is 4.72 Å². The van der Waals surface area contributed by atoms with Gasteiger partial charge in [0.25, 0.3) is 10.2 Å². The van der Waals surface area contributed by atoms with Gasteiger partial charge in [0.15, 0.2) is 0 Å². The summed E-state index contributed by atoms with van der Waals surface area (Å²) in [5.74, 6) is 0.595. The predicted octanol–water partition coefficient (Wildman–Crippen LogP) is 0.952. The van der Waals surface area contributed by atoms with Crippen molar-refractivity contribution in [3.8, 4) is 0 Å². The first kappa shape index (κ1) is 15.4. The first-order valence-electron chi connectivity index (χ1n) is 7.03. The van der Waals surface area contributed by atoms with Crippen LogP contribution >= 0.6 is 0 Å². The first-order valence-corrected chi connectivity index (χ1v) is 8.47. The zero-order valence-electron chi connectivity index (χ0n) is 11.9. The molecule has 1 heterocycles. The van der Waals surface area contributed by atoms with Crippen LogP contribution in [0.4, 0.5) is 0 Å². The van der Waals surface area contributed by atoms with Gasteiger partial charge in [-0.15, -0.1) is 0 Å². The Balaban J connectivity index is 1.79. The van der Waals surface area contributed by atoms with Crippen LogP contribution in [0.25, 0.3) is 0 Å². The molecular formula is C14H23N3O2S. The molecule has 1 aromatic rings. The molecule has 1 aromatic carbocycles. The van der Waals surface area contributed by atoms with Gasteiger partial charge in [0.2, 0.25) is 0 Å². The van der Waals surface area contributed by atoms with Crippen molar-refractivity contribution in [3.63, 3.8) is 0 Å². The molecule has 0 spiro atoms. The molecule has 2 rings (SSSR count). The van der Waals surface area contributed by atoms with Crippen molar-refractivity contribution >= 4 is 10.2 Å². The van der Waals surface area contributed by atoms with E-state index in [0.717, 1.165) is 31.5 Å². The van der Waals surface area contributed by atoms with E-state index in [9.17, 15) is 8.42 Å². The lowest BCUT2D eigenvalue weighted by Crippen LogP contribution is -2.38. The highest BCUT2D eigenvalue weighted by Gasteiger charge is 2.19. The fourth-order valence-corrected chi connectivity index (χ4v) is 3.30. The Bertz CT molecular complexity index is 498. The summed E-state index contributed by atoms with van der Waals surface area (Å²) in [7, 11) is -1.78. The lowest BCUT2D eigenvalue weighted by Gasteiger charge is -2.18. The second-order valence-electron chi connectivity index (χ2n) is 5.29. The van der Waals surface area contributed by atoms with Gasteiger partial charge in [0.05, 0.1) is 0 Å². The maximum atomic E-state index is 12.1. The molecule has 6 heteroatoms. The van der Waals surface area contributed by atoms with Crippen molar-refractivity contribution in [1.29, 1.82) is 0 Å². The smallest absolute Gasteiger partial charge is 0.279 e. The highest BCUT2D eigenvalue weighted by Crippen LogP contribution is 2.11. The van der Waals surface area contributed by atoms with E-state index in [2.05, 4.69) is 10.0 Å². The van der Waals surface area contributed by atoms with E-state index < -0.39 is 10.2 Å². The van der Waals surface area contributed by atoms with Crippen LogP contribution in [0.2, 0.25) is 0 Å². The highest BCUT2D eigenvalue weighted by molar-refractivity contribution is 7.87. The van der Waals surface area contributed by atoms with Crippen LogP contribution in [0.5, 0.6) is 0 Å². The Hall–Kier alpha value is -0.950. The largest absolute Gasteiger partial charge is 0.316 e. The van der Waals surface area contributed by atoms with Crippen LogP contribution in [0.1, 0.15) is 18.4 Å². The fraction of sp³-hybridized carbons (Fsp3) is 0.571. The molecule has 1 atom stereocenters. The van der Waals surface area contributed by atoms with Crippen LogP contribution < -0.4 is 10.0 Å². The minimum atomic E-state index is -3.39. The normalized spacial score (nSPS) is 19.6. The van der Waals surface area contributed by atoms with E-state index in [4.69, 9.17) is 0 Å². The van der Waals surface area contributed by atoms with E-state index in [1.807, 2.05) is 30.3 Å². The molecule has 1 fully saturated rings. The lowest BCUT2D eigenvalue weighted by atomic mass is 10.1. The van der Waals surface area contributed by atoms with Crippen LogP contribution in [-0.4, -0.2) is 39.4 Å². The van der Waals surface area contributed by atoms with E-state index in [-0.39, 0.29) is 0 Å². The van der Waals surface area contributed by atoms with Crippen LogP contribution in [0.15, 0.2) is 30.3 Å². The standard InChI is InChI=1S/C14H23N3O2S/c1-17(12-14-5-3-2-4-6-14)20(18,19)16-10-8-13-7-9-15-11-13/h2-6,13,15-16H,7-12H2,1H3. The van der Waals surface area contributed by atoms with Crippen LogP contribution in [0, 0.1) is 5.92 Å². The maximum Gasteiger partial charge on any atom is 0.279 e. The number of hydrogen-bond donors (Lipinski definition) is 2. The van der Waals surface area contributed by atoms with Crippen molar-refractivity contribution in [2.24, 2.45) is 5.92 Å². The molecule has 1 saturated heterocycles. The molecule has 1 unspecified atom stereocenters. The molecule has 0 amide bonds. The molecule has 1 aliphatic heterocycles. The van der Waals surface area contributed by atoms with Crippen molar-refractivity contribution in [3.05, 3.63) is 35.9 Å². The van der Waals surface area contributed by atoms with Gasteiger partial charge in [-0.2, -0.15) is 12.7 Å². The van der Waals surface area contributed by atoms with Gasteiger partial charge >= 0.3 is 0 Å². The molecule has 1 aliphatic rings. The summed E-state index contributed by atoms with van der Waals surface area (Å²) < 4.78 is 28.2. The average molecular weight is 297 g/mol. The van der Waals surface area contributed by atoms with Crippen molar-refractivity contribution < 1.29 is 8.42 Å². The molecule has 0 aromatic heterocycles. The number of rotatable bonds is 7. The minimum absolute atomic E-state index is 0.390. The Kier molecular flexibility index (Phi) is 5.54. The molecule has 5 nitrogen and oxygen atoms in total. The molecular weight excluding hydrogens is 274 g/mol. The van der Waals surface area contributed by atoms with Gasteiger partial charge in [-0.3, -0.25) is 0 Å². The van der Waals surface area contributed by atoms with E-state index in [1.165, 1.54) is 4.31 Å². The zero-order valence-corrected chi connectivity index (χ0v) is 12.7. The number of nitrogens with zero attached hydrogens (tertiary/aromatic N) is 1. The van der Waals surface area contributed by atoms with Gasteiger partial charge in [0, 0.05) is 20.1 Å². The van der Waals surface area contributed by atoms with Gasteiger partial charge in [-0.05, 0) is 37.4 Å². The summed E-state index contributed by atoms with van der Waals surface area (Å²) >= 11 is 0. The summed E-state index contributed by atoms with van der Waals surface area (Å²) in [4.78, 5) is 0. The van der Waals surface area contributed by atoms with E-state index in [1.54, 1.807) is 7.05 Å². The van der Waals surface area contributed by atoms with Crippen LogP contribution in [0.3, 0.4) is 0 Å². The van der Waals surface area contributed by atoms with Gasteiger partial charge < -0.3 is 5.32 Å². The minimum Gasteiger partial charge on any atom is -0.316 e. The fourth-order valence-electron chi connectivity index (χ4n) is 2.39. The summed E-state index contributed by atoms with van der Waals surface area (Å²) in [6, 6.07) is 9.60. The quantitative estimate of drug-likeness (QED) is 0.788. The molecule has 2 N–H and O–H groups in total. The number of hydrogen-bond acceptors (Lipinski definition) is 3. The SMILES string of the molecule is CN(Cc1ccccc1)S(=O)(=O)NCCC1CCNC1. The second kappa shape index (κ2) is 7.17. The Morgan fingerprint density at radius 2 is 2.10 bits per heavy atom. The van der Waals surface area contributed by atoms with Crippen molar-refractivity contribution in [1.82, 2.24) is 14.3 Å².